The number of nitrogens with one attached hydrogen (secondary N) is 3. The zero-order chi connectivity index (χ0) is 19.2. The molecule has 0 atom stereocenters. The van der Waals surface area contributed by atoms with Gasteiger partial charge in [-0.05, 0) is 19.1 Å². The fraction of sp³-hybridized carbons (Fsp3) is 0.238. The molecule has 0 saturated heterocycles. The minimum atomic E-state index is -0.121. The monoisotopic (exact) mass is 362 g/mol. The van der Waals surface area contributed by atoms with Gasteiger partial charge < -0.3 is 15.1 Å². The summed E-state index contributed by atoms with van der Waals surface area (Å²) in [7, 11) is 0. The molecule has 0 bridgehead atoms. The van der Waals surface area contributed by atoms with E-state index in [0.717, 1.165) is 34.0 Å². The van der Waals surface area contributed by atoms with E-state index in [9.17, 15) is 4.79 Å². The maximum Gasteiger partial charge on any atom is 0.257 e. The Labute approximate surface area is 157 Å². The zero-order valence-corrected chi connectivity index (χ0v) is 15.8. The molecule has 3 N–H and O–H groups in total. The van der Waals surface area contributed by atoms with Gasteiger partial charge in [0, 0.05) is 34.5 Å². The van der Waals surface area contributed by atoms with Crippen molar-refractivity contribution >= 4 is 23.0 Å². The van der Waals surface area contributed by atoms with Gasteiger partial charge in [0.25, 0.3) is 5.91 Å². The fourth-order valence-corrected chi connectivity index (χ4v) is 3.07. The number of hydrogen-bond donors (Lipinski definition) is 3. The topological polar surface area (TPSA) is 83.0 Å². The molecule has 1 amide bonds. The molecule has 1 aliphatic rings. The van der Waals surface area contributed by atoms with Crippen LogP contribution in [0.5, 0.6) is 0 Å². The van der Waals surface area contributed by atoms with Gasteiger partial charge in [-0.2, -0.15) is 5.10 Å². The number of carbonyl (C=O) groups excluding carboxylic acids is 1. The third kappa shape index (κ3) is 3.14. The number of rotatable bonds is 3. The SMILES string of the molecule is Cc1oc(C(C)(C)C)cc1-c1cc(NC=C2C(=O)Nc3ccccc32)[nH]n1. The molecule has 3 aromatic rings. The van der Waals surface area contributed by atoms with E-state index in [2.05, 4.69) is 41.6 Å². The maximum absolute atomic E-state index is 12.2. The lowest BCUT2D eigenvalue weighted by molar-refractivity contribution is -0.110. The number of aryl methyl sites for hydroxylation is 1. The van der Waals surface area contributed by atoms with Crippen molar-refractivity contribution < 1.29 is 9.21 Å². The smallest absolute Gasteiger partial charge is 0.257 e. The Balaban J connectivity index is 1.58. The molecule has 1 aromatic carbocycles. The van der Waals surface area contributed by atoms with E-state index < -0.39 is 0 Å². The van der Waals surface area contributed by atoms with Gasteiger partial charge in [0.05, 0.1) is 11.3 Å². The van der Waals surface area contributed by atoms with Crippen LogP contribution in [0.1, 0.15) is 37.9 Å². The number of fused-ring (bicyclic) bond motifs is 1. The first-order chi connectivity index (χ1) is 12.8. The summed E-state index contributed by atoms with van der Waals surface area (Å²) in [6, 6.07) is 11.6. The van der Waals surface area contributed by atoms with Crippen LogP contribution >= 0.6 is 0 Å². The van der Waals surface area contributed by atoms with E-state index in [1.54, 1.807) is 6.20 Å². The summed E-state index contributed by atoms with van der Waals surface area (Å²) in [5, 5.41) is 13.3. The number of aromatic nitrogens is 2. The number of furan rings is 1. The van der Waals surface area contributed by atoms with Crippen LogP contribution in [0, 0.1) is 6.92 Å². The van der Waals surface area contributed by atoms with E-state index in [1.165, 1.54) is 0 Å². The number of hydrogen-bond acceptors (Lipinski definition) is 4. The lowest BCUT2D eigenvalue weighted by Gasteiger charge is -2.13. The summed E-state index contributed by atoms with van der Waals surface area (Å²) in [5.74, 6) is 2.34. The molecule has 0 aliphatic carbocycles. The van der Waals surface area contributed by atoms with Crippen molar-refractivity contribution in [1.29, 1.82) is 0 Å². The second-order valence-corrected chi connectivity index (χ2v) is 7.70. The molecule has 6 nitrogen and oxygen atoms in total. The van der Waals surface area contributed by atoms with Crippen molar-refractivity contribution in [2.24, 2.45) is 0 Å². The fourth-order valence-electron chi connectivity index (χ4n) is 3.07. The molecule has 2 aromatic heterocycles. The van der Waals surface area contributed by atoms with Crippen LogP contribution in [0.2, 0.25) is 0 Å². The lowest BCUT2D eigenvalue weighted by atomic mass is 9.93. The highest BCUT2D eigenvalue weighted by Crippen LogP contribution is 2.33. The highest BCUT2D eigenvalue weighted by atomic mass is 16.3. The van der Waals surface area contributed by atoms with Crippen LogP contribution < -0.4 is 10.6 Å². The van der Waals surface area contributed by atoms with E-state index in [0.29, 0.717) is 11.4 Å². The third-order valence-corrected chi connectivity index (χ3v) is 4.59. The van der Waals surface area contributed by atoms with Gasteiger partial charge in [-0.1, -0.05) is 39.0 Å². The van der Waals surface area contributed by atoms with Crippen LogP contribution in [0.25, 0.3) is 16.8 Å². The highest BCUT2D eigenvalue weighted by molar-refractivity contribution is 6.31. The summed E-state index contributed by atoms with van der Waals surface area (Å²) in [6.45, 7) is 8.28. The van der Waals surface area contributed by atoms with Gasteiger partial charge in [-0.3, -0.25) is 9.89 Å². The molecular weight excluding hydrogens is 340 g/mol. The van der Waals surface area contributed by atoms with Gasteiger partial charge in [-0.25, -0.2) is 0 Å². The van der Waals surface area contributed by atoms with Gasteiger partial charge >= 0.3 is 0 Å². The summed E-state index contributed by atoms with van der Waals surface area (Å²) < 4.78 is 5.90. The molecule has 0 radical (unpaired) electrons. The minimum Gasteiger partial charge on any atom is -0.465 e. The largest absolute Gasteiger partial charge is 0.465 e. The number of aromatic amines is 1. The Morgan fingerprint density at radius 2 is 1.93 bits per heavy atom. The van der Waals surface area contributed by atoms with E-state index in [-0.39, 0.29) is 11.3 Å². The zero-order valence-electron chi connectivity index (χ0n) is 15.8. The Morgan fingerprint density at radius 3 is 2.67 bits per heavy atom. The molecule has 1 aliphatic heterocycles. The van der Waals surface area contributed by atoms with Crippen LogP contribution in [0.15, 0.2) is 47.0 Å². The van der Waals surface area contributed by atoms with E-state index >= 15 is 0 Å². The standard InChI is InChI=1S/C21H22N4O2/c1-12-14(9-18(27-12)21(2,3)4)17-10-19(25-24-17)22-11-15-13-7-5-6-8-16(13)23-20(15)26/h5-11H,1-4H3,(H,23,26)(H2,22,24,25). The lowest BCUT2D eigenvalue weighted by Crippen LogP contribution is -2.09. The predicted molar refractivity (Wildman–Crippen MR) is 106 cm³/mol. The number of amides is 1. The van der Waals surface area contributed by atoms with Crippen molar-refractivity contribution in [2.75, 3.05) is 10.6 Å². The first-order valence-corrected chi connectivity index (χ1v) is 8.87. The second-order valence-electron chi connectivity index (χ2n) is 7.70. The number of para-hydroxylation sites is 1. The molecule has 0 saturated carbocycles. The summed E-state index contributed by atoms with van der Waals surface area (Å²) in [6.07, 6.45) is 1.70. The van der Waals surface area contributed by atoms with Crippen molar-refractivity contribution in [3.05, 3.63) is 59.7 Å². The molecule has 27 heavy (non-hydrogen) atoms. The number of carbonyl (C=O) groups is 1. The van der Waals surface area contributed by atoms with Crippen molar-refractivity contribution in [3.8, 4) is 11.3 Å². The summed E-state index contributed by atoms with van der Waals surface area (Å²) in [5.41, 5.74) is 3.99. The van der Waals surface area contributed by atoms with Crippen LogP contribution in [0.4, 0.5) is 11.5 Å². The van der Waals surface area contributed by atoms with Crippen molar-refractivity contribution in [3.63, 3.8) is 0 Å². The summed E-state index contributed by atoms with van der Waals surface area (Å²) >= 11 is 0. The van der Waals surface area contributed by atoms with Crippen LogP contribution in [0.3, 0.4) is 0 Å². The Hall–Kier alpha value is -3.28. The van der Waals surface area contributed by atoms with Crippen LogP contribution in [-0.2, 0) is 10.2 Å². The maximum atomic E-state index is 12.2. The Morgan fingerprint density at radius 1 is 1.15 bits per heavy atom. The van der Waals surface area contributed by atoms with Gasteiger partial charge in [0.2, 0.25) is 0 Å². The Kier molecular flexibility index (Phi) is 3.91. The number of nitrogens with zero attached hydrogens (tertiary/aromatic N) is 1. The van der Waals surface area contributed by atoms with Crippen molar-refractivity contribution in [2.45, 2.75) is 33.1 Å². The number of anilines is 2. The third-order valence-electron chi connectivity index (χ3n) is 4.59. The first-order valence-electron chi connectivity index (χ1n) is 8.87. The molecule has 0 spiro atoms. The molecule has 6 heteroatoms. The molecular formula is C21H22N4O2. The average Bonchev–Trinajstić information content (AvgIpc) is 3.29. The van der Waals surface area contributed by atoms with Gasteiger partial charge in [0.1, 0.15) is 17.3 Å². The molecule has 4 rings (SSSR count). The highest BCUT2D eigenvalue weighted by Gasteiger charge is 2.24. The Bertz CT molecular complexity index is 1050. The van der Waals surface area contributed by atoms with Crippen LogP contribution in [-0.4, -0.2) is 16.1 Å². The normalized spacial score (nSPS) is 15.1. The van der Waals surface area contributed by atoms with Gasteiger partial charge in [-0.15, -0.1) is 0 Å². The van der Waals surface area contributed by atoms with Crippen molar-refractivity contribution in [1.82, 2.24) is 10.2 Å². The number of benzene rings is 1. The molecule has 0 unspecified atom stereocenters. The van der Waals surface area contributed by atoms with Gasteiger partial charge in [0.15, 0.2) is 0 Å². The number of H-pyrrole nitrogens is 1. The predicted octanol–water partition coefficient (Wildman–Crippen LogP) is 4.68. The van der Waals surface area contributed by atoms with E-state index in [1.807, 2.05) is 43.3 Å². The first kappa shape index (κ1) is 17.1. The summed E-state index contributed by atoms with van der Waals surface area (Å²) in [4.78, 5) is 12.2. The minimum absolute atomic E-state index is 0.0615. The molecule has 3 heterocycles. The molecule has 0 fully saturated rings. The molecule has 138 valence electrons. The second kappa shape index (κ2) is 6.16. The quantitative estimate of drug-likeness (QED) is 0.591. The van der Waals surface area contributed by atoms with E-state index in [4.69, 9.17) is 4.42 Å². The average molecular weight is 362 g/mol.